The van der Waals surface area contributed by atoms with E-state index >= 15 is 0 Å². The molecule has 0 saturated heterocycles. The summed E-state index contributed by atoms with van der Waals surface area (Å²) in [5.41, 5.74) is 4.36. The van der Waals surface area contributed by atoms with E-state index in [1.165, 1.54) is 130 Å². The molecule has 0 atom stereocenters. The smallest absolute Gasteiger partial charge is 0.0814 e. The Hall–Kier alpha value is -2.32. The van der Waals surface area contributed by atoms with Crippen LogP contribution >= 0.6 is 0 Å². The third-order valence-electron chi connectivity index (χ3n) is 9.54. The maximum atomic E-state index is 2.33. The highest BCUT2D eigenvalue weighted by Gasteiger charge is 2.29. The van der Waals surface area contributed by atoms with Crippen molar-refractivity contribution in [1.82, 2.24) is 0 Å². The van der Waals surface area contributed by atoms with Crippen molar-refractivity contribution in [2.45, 2.75) is 118 Å². The Labute approximate surface area is 261 Å². The van der Waals surface area contributed by atoms with Gasteiger partial charge in [-0.3, -0.25) is 0 Å². The van der Waals surface area contributed by atoms with Crippen LogP contribution in [-0.2, 0) is 0 Å². The number of hydrogen-bond acceptors (Lipinski definition) is 0. The summed E-state index contributed by atoms with van der Waals surface area (Å²) in [6.45, 7) is 17.3. The van der Waals surface area contributed by atoms with E-state index in [0.717, 1.165) is 0 Å². The first-order valence-electron chi connectivity index (χ1n) is 17.8. The third-order valence-corrected chi connectivity index (χ3v) is 9.54. The fraction of sp³-hybridized carbons (Fsp3) is 0.550. The van der Waals surface area contributed by atoms with Crippen LogP contribution in [0.2, 0.25) is 6.32 Å². The Morgan fingerprint density at radius 3 is 0.976 bits per heavy atom. The van der Waals surface area contributed by atoms with E-state index in [4.69, 9.17) is 0 Å². The Bertz CT molecular complexity index is 883. The van der Waals surface area contributed by atoms with Crippen molar-refractivity contribution in [3.8, 4) is 0 Å². The van der Waals surface area contributed by atoms with Gasteiger partial charge in [0.05, 0.1) is 32.3 Å². The standard InChI is InChI=1S/C24H28B.C16H36N/c1-2-3-4-14-21-25(22-15-8-5-9-16-22,23-17-10-6-11-18-23)24-19-12-7-13-20-24;1-5-9-13-17(14-10-6-2,15-11-7-3)16-12-8-4/h5-13,15-20H,2-4,14,21H2,1H3;5-16H2,1-4H3/q-1;+1. The van der Waals surface area contributed by atoms with Crippen LogP contribution in [0.4, 0.5) is 0 Å². The van der Waals surface area contributed by atoms with E-state index in [0.29, 0.717) is 0 Å². The molecule has 232 valence electrons. The summed E-state index contributed by atoms with van der Waals surface area (Å²) in [5.74, 6) is 0. The minimum absolute atomic E-state index is 0.928. The summed E-state index contributed by atoms with van der Waals surface area (Å²) in [4.78, 5) is 0. The highest BCUT2D eigenvalue weighted by atomic mass is 15.3. The van der Waals surface area contributed by atoms with E-state index in [1.807, 2.05) is 0 Å². The number of nitrogens with zero attached hydrogens (tertiary/aromatic N) is 1. The zero-order chi connectivity index (χ0) is 30.4. The fourth-order valence-electron chi connectivity index (χ4n) is 6.94. The van der Waals surface area contributed by atoms with Crippen molar-refractivity contribution >= 4 is 22.5 Å². The second-order valence-corrected chi connectivity index (χ2v) is 12.8. The highest BCUT2D eigenvalue weighted by Crippen LogP contribution is 2.18. The lowest BCUT2D eigenvalue weighted by Crippen LogP contribution is -2.66. The van der Waals surface area contributed by atoms with E-state index in [9.17, 15) is 0 Å². The molecule has 0 aliphatic heterocycles. The summed E-state index contributed by atoms with van der Waals surface area (Å²) in [6.07, 6.45) is 16.5. The van der Waals surface area contributed by atoms with Gasteiger partial charge in [-0.2, -0.15) is 22.7 Å². The second kappa shape index (κ2) is 21.4. The molecule has 0 heterocycles. The van der Waals surface area contributed by atoms with Gasteiger partial charge in [-0.15, -0.1) is 0 Å². The summed E-state index contributed by atoms with van der Waals surface area (Å²) in [7, 11) is 0. The quantitative estimate of drug-likeness (QED) is 0.0722. The topological polar surface area (TPSA) is 0 Å². The minimum Gasteiger partial charge on any atom is -0.324 e. The van der Waals surface area contributed by atoms with Crippen molar-refractivity contribution in [1.29, 1.82) is 0 Å². The molecule has 3 rings (SSSR count). The molecule has 42 heavy (non-hydrogen) atoms. The minimum atomic E-state index is -0.928. The maximum absolute atomic E-state index is 2.33. The zero-order valence-corrected chi connectivity index (χ0v) is 28.2. The van der Waals surface area contributed by atoms with Crippen LogP contribution in [0, 0.1) is 0 Å². The van der Waals surface area contributed by atoms with Gasteiger partial charge in [0.25, 0.3) is 0 Å². The van der Waals surface area contributed by atoms with Crippen LogP contribution in [0.3, 0.4) is 0 Å². The van der Waals surface area contributed by atoms with Gasteiger partial charge in [-0.1, -0.05) is 177 Å². The van der Waals surface area contributed by atoms with Gasteiger partial charge in [-0.25, -0.2) is 0 Å². The van der Waals surface area contributed by atoms with Crippen LogP contribution < -0.4 is 16.4 Å². The zero-order valence-electron chi connectivity index (χ0n) is 28.2. The molecule has 0 bridgehead atoms. The van der Waals surface area contributed by atoms with Crippen LogP contribution in [0.25, 0.3) is 0 Å². The van der Waals surface area contributed by atoms with Gasteiger partial charge in [-0.05, 0) is 25.7 Å². The largest absolute Gasteiger partial charge is 0.324 e. The Kier molecular flexibility index (Phi) is 18.3. The summed E-state index contributed by atoms with van der Waals surface area (Å²) >= 11 is 0. The van der Waals surface area contributed by atoms with E-state index < -0.39 is 6.15 Å². The molecule has 0 spiro atoms. The monoisotopic (exact) mass is 570 g/mol. The molecule has 3 aromatic carbocycles. The lowest BCUT2D eigenvalue weighted by molar-refractivity contribution is -0.929. The normalized spacial score (nSPS) is 11.6. The van der Waals surface area contributed by atoms with Crippen molar-refractivity contribution in [3.05, 3.63) is 91.0 Å². The molecule has 0 aromatic heterocycles. The van der Waals surface area contributed by atoms with E-state index in [2.05, 4.69) is 126 Å². The molecule has 0 radical (unpaired) electrons. The number of benzene rings is 3. The average Bonchev–Trinajstić information content (AvgIpc) is 3.06. The number of quaternary nitrogens is 1. The molecule has 0 saturated carbocycles. The Morgan fingerprint density at radius 2 is 0.690 bits per heavy atom. The molecule has 0 aliphatic carbocycles. The molecule has 0 amide bonds. The molecule has 0 N–H and O–H groups in total. The average molecular weight is 570 g/mol. The molecule has 1 nitrogen and oxygen atoms in total. The molecule has 3 aromatic rings. The first-order chi connectivity index (χ1) is 20.6. The van der Waals surface area contributed by atoms with Crippen LogP contribution in [0.5, 0.6) is 0 Å². The van der Waals surface area contributed by atoms with Crippen LogP contribution in [-0.4, -0.2) is 36.8 Å². The molecule has 0 unspecified atom stereocenters. The number of unbranched alkanes of at least 4 members (excludes halogenated alkanes) is 7. The van der Waals surface area contributed by atoms with Crippen LogP contribution in [0.1, 0.15) is 112 Å². The first kappa shape index (κ1) is 35.9. The van der Waals surface area contributed by atoms with E-state index in [1.54, 1.807) is 0 Å². The van der Waals surface area contributed by atoms with E-state index in [-0.39, 0.29) is 0 Å². The van der Waals surface area contributed by atoms with Crippen molar-refractivity contribution in [3.63, 3.8) is 0 Å². The molecule has 0 fully saturated rings. The van der Waals surface area contributed by atoms with Gasteiger partial charge in [0.1, 0.15) is 0 Å². The molecule has 2 heteroatoms. The Morgan fingerprint density at radius 1 is 0.381 bits per heavy atom. The molecule has 0 aliphatic rings. The number of hydrogen-bond donors (Lipinski definition) is 0. The fourth-order valence-corrected chi connectivity index (χ4v) is 6.94. The lowest BCUT2D eigenvalue weighted by atomic mass is 9.14. The van der Waals surface area contributed by atoms with Crippen molar-refractivity contribution in [2.24, 2.45) is 0 Å². The highest BCUT2D eigenvalue weighted by molar-refractivity contribution is 7.11. The molecular weight excluding hydrogens is 505 g/mol. The maximum Gasteiger partial charge on any atom is 0.0814 e. The SMILES string of the molecule is CCCCCC[B-](c1ccccc1)(c1ccccc1)c1ccccc1.CCCC[N+](CCCC)(CCCC)CCCC. The summed E-state index contributed by atoms with van der Waals surface area (Å²) < 4.78 is 1.42. The van der Waals surface area contributed by atoms with Crippen molar-refractivity contribution < 1.29 is 4.48 Å². The van der Waals surface area contributed by atoms with Crippen LogP contribution in [0.15, 0.2) is 91.0 Å². The predicted molar refractivity (Wildman–Crippen MR) is 192 cm³/mol. The van der Waals surface area contributed by atoms with Gasteiger partial charge >= 0.3 is 0 Å². The Balaban J connectivity index is 0.000000319. The summed E-state index contributed by atoms with van der Waals surface area (Å²) in [6, 6.07) is 33.4. The van der Waals surface area contributed by atoms with Gasteiger partial charge in [0.15, 0.2) is 0 Å². The second-order valence-electron chi connectivity index (χ2n) is 12.8. The third kappa shape index (κ3) is 11.4. The van der Waals surface area contributed by atoms with Gasteiger partial charge in [0, 0.05) is 0 Å². The van der Waals surface area contributed by atoms with Gasteiger partial charge < -0.3 is 4.48 Å². The predicted octanol–water partition coefficient (Wildman–Crippen LogP) is 9.74. The first-order valence-corrected chi connectivity index (χ1v) is 17.8. The molecular formula is C40H64BN. The number of rotatable bonds is 20. The van der Waals surface area contributed by atoms with Crippen molar-refractivity contribution in [2.75, 3.05) is 26.2 Å². The van der Waals surface area contributed by atoms with Gasteiger partial charge in [0.2, 0.25) is 0 Å². The lowest BCUT2D eigenvalue weighted by Gasteiger charge is -2.43. The summed E-state index contributed by atoms with van der Waals surface area (Å²) in [5, 5.41) is 0.